The summed E-state index contributed by atoms with van der Waals surface area (Å²) in [5.41, 5.74) is 6.94. The highest BCUT2D eigenvalue weighted by Gasteiger charge is 2.02. The summed E-state index contributed by atoms with van der Waals surface area (Å²) in [7, 11) is 0. The number of nitrogens with zero attached hydrogens (tertiary/aromatic N) is 1. The Hall–Kier alpha value is -2.21. The molecule has 2 aromatic rings. The van der Waals surface area contributed by atoms with Gasteiger partial charge in [-0.2, -0.15) is 0 Å². The molecule has 0 aliphatic carbocycles. The number of aromatic amines is 1. The lowest BCUT2D eigenvalue weighted by Gasteiger charge is -2.07. The molecule has 0 fully saturated rings. The van der Waals surface area contributed by atoms with E-state index in [9.17, 15) is 9.59 Å². The first kappa shape index (κ1) is 13.2. The van der Waals surface area contributed by atoms with Crippen molar-refractivity contribution in [2.45, 2.75) is 13.5 Å². The molecule has 0 spiro atoms. The third-order valence-corrected chi connectivity index (χ3v) is 3.02. The molecule has 0 unspecified atom stereocenters. The lowest BCUT2D eigenvalue weighted by atomic mass is 10.1. The van der Waals surface area contributed by atoms with E-state index in [4.69, 9.17) is 18.0 Å². The molecule has 3 N–H and O–H groups in total. The predicted octanol–water partition coefficient (Wildman–Crippen LogP) is 0.528. The van der Waals surface area contributed by atoms with Crippen LogP contribution in [0.3, 0.4) is 0 Å². The van der Waals surface area contributed by atoms with E-state index in [1.165, 1.54) is 4.57 Å². The van der Waals surface area contributed by atoms with Crippen molar-refractivity contribution < 1.29 is 0 Å². The van der Waals surface area contributed by atoms with Gasteiger partial charge in [0.1, 0.15) is 4.99 Å². The van der Waals surface area contributed by atoms with Crippen LogP contribution < -0.4 is 17.0 Å². The molecule has 0 bridgehead atoms. The number of thiocarbonyl (C=S) groups is 1. The van der Waals surface area contributed by atoms with Gasteiger partial charge in [-0.15, -0.1) is 0 Å². The highest BCUT2D eigenvalue weighted by molar-refractivity contribution is 7.80. The van der Waals surface area contributed by atoms with E-state index < -0.39 is 5.69 Å². The number of aromatic nitrogens is 2. The second-order valence-corrected chi connectivity index (χ2v) is 4.70. The number of benzene rings is 1. The predicted molar refractivity (Wildman–Crippen MR) is 77.5 cm³/mol. The first-order valence-corrected chi connectivity index (χ1v) is 6.07. The number of H-pyrrole nitrogens is 1. The smallest absolute Gasteiger partial charge is 0.328 e. The number of rotatable bonds is 3. The van der Waals surface area contributed by atoms with Crippen molar-refractivity contribution in [2.75, 3.05) is 0 Å². The molecular weight excluding hydrogens is 262 g/mol. The molecule has 0 amide bonds. The summed E-state index contributed by atoms with van der Waals surface area (Å²) in [6.45, 7) is 2.04. The van der Waals surface area contributed by atoms with E-state index in [1.54, 1.807) is 25.3 Å². The highest BCUT2D eigenvalue weighted by atomic mass is 32.1. The molecule has 2 rings (SSSR count). The quantitative estimate of drug-likeness (QED) is 0.801. The van der Waals surface area contributed by atoms with Crippen LogP contribution in [0.5, 0.6) is 0 Å². The van der Waals surface area contributed by atoms with Crippen molar-refractivity contribution in [2.24, 2.45) is 5.73 Å². The van der Waals surface area contributed by atoms with Gasteiger partial charge in [-0.25, -0.2) is 4.79 Å². The van der Waals surface area contributed by atoms with Crippen LogP contribution in [-0.2, 0) is 6.54 Å². The van der Waals surface area contributed by atoms with Gasteiger partial charge in [-0.1, -0.05) is 36.5 Å². The molecule has 1 aromatic heterocycles. The average molecular weight is 275 g/mol. The Balaban J connectivity index is 2.31. The molecule has 0 radical (unpaired) electrons. The first-order chi connectivity index (χ1) is 8.97. The van der Waals surface area contributed by atoms with Gasteiger partial charge in [-0.05, 0) is 12.5 Å². The second kappa shape index (κ2) is 5.19. The Kier molecular flexibility index (Phi) is 3.62. The number of hydrogen-bond acceptors (Lipinski definition) is 3. The van der Waals surface area contributed by atoms with Crippen molar-refractivity contribution in [3.8, 4) is 0 Å². The molecule has 98 valence electrons. The number of aryl methyl sites for hydroxylation is 1. The topological polar surface area (TPSA) is 80.9 Å². The van der Waals surface area contributed by atoms with E-state index in [-0.39, 0.29) is 5.56 Å². The van der Waals surface area contributed by atoms with Crippen molar-refractivity contribution in [1.82, 2.24) is 9.55 Å². The summed E-state index contributed by atoms with van der Waals surface area (Å²) in [4.78, 5) is 25.5. The van der Waals surface area contributed by atoms with Gasteiger partial charge < -0.3 is 5.73 Å². The second-order valence-electron chi connectivity index (χ2n) is 4.26. The molecule has 1 aromatic carbocycles. The van der Waals surface area contributed by atoms with E-state index in [0.717, 1.165) is 11.1 Å². The SMILES string of the molecule is Cc1cn(Cc2ccc(C(N)=S)cc2)c(=O)[nH]c1=O. The number of nitrogens with two attached hydrogens (primary N) is 1. The maximum absolute atomic E-state index is 11.6. The van der Waals surface area contributed by atoms with Crippen LogP contribution in [0.2, 0.25) is 0 Å². The molecule has 0 aliphatic rings. The van der Waals surface area contributed by atoms with Gasteiger partial charge in [0.2, 0.25) is 0 Å². The van der Waals surface area contributed by atoms with E-state index in [1.807, 2.05) is 12.1 Å². The highest BCUT2D eigenvalue weighted by Crippen LogP contribution is 2.05. The molecule has 1 heterocycles. The molecular formula is C13H13N3O2S. The van der Waals surface area contributed by atoms with Crippen LogP contribution in [0.15, 0.2) is 40.1 Å². The normalized spacial score (nSPS) is 10.4. The third-order valence-electron chi connectivity index (χ3n) is 2.78. The fraction of sp³-hybridized carbons (Fsp3) is 0.154. The van der Waals surface area contributed by atoms with Crippen LogP contribution in [0, 0.1) is 6.92 Å². The number of hydrogen-bond donors (Lipinski definition) is 2. The van der Waals surface area contributed by atoms with Gasteiger partial charge in [0.15, 0.2) is 0 Å². The molecule has 0 atom stereocenters. The summed E-state index contributed by atoms with van der Waals surface area (Å²) in [5, 5.41) is 0. The molecule has 6 heteroatoms. The molecule has 5 nitrogen and oxygen atoms in total. The van der Waals surface area contributed by atoms with Crippen LogP contribution in [0.1, 0.15) is 16.7 Å². The van der Waals surface area contributed by atoms with E-state index >= 15 is 0 Å². The van der Waals surface area contributed by atoms with Crippen LogP contribution >= 0.6 is 12.2 Å². The minimum Gasteiger partial charge on any atom is -0.389 e. The fourth-order valence-corrected chi connectivity index (χ4v) is 1.84. The summed E-state index contributed by atoms with van der Waals surface area (Å²) in [5.74, 6) is 0. The Morgan fingerprint density at radius 1 is 1.32 bits per heavy atom. The zero-order valence-electron chi connectivity index (χ0n) is 10.3. The largest absolute Gasteiger partial charge is 0.389 e. The van der Waals surface area contributed by atoms with Crippen molar-refractivity contribution in [1.29, 1.82) is 0 Å². The lowest BCUT2D eigenvalue weighted by Crippen LogP contribution is -2.31. The first-order valence-electron chi connectivity index (χ1n) is 5.66. The zero-order chi connectivity index (χ0) is 14.0. The fourth-order valence-electron chi connectivity index (χ4n) is 1.71. The Bertz CT molecular complexity index is 729. The van der Waals surface area contributed by atoms with E-state index in [2.05, 4.69) is 4.98 Å². The molecule has 0 saturated heterocycles. The van der Waals surface area contributed by atoms with Crippen LogP contribution in [0.4, 0.5) is 0 Å². The van der Waals surface area contributed by atoms with Crippen molar-refractivity contribution >= 4 is 17.2 Å². The van der Waals surface area contributed by atoms with Gasteiger partial charge in [0, 0.05) is 17.3 Å². The molecule has 0 saturated carbocycles. The molecule has 0 aliphatic heterocycles. The maximum atomic E-state index is 11.6. The van der Waals surface area contributed by atoms with Gasteiger partial charge in [0.05, 0.1) is 6.54 Å². The Morgan fingerprint density at radius 2 is 1.95 bits per heavy atom. The minimum absolute atomic E-state index is 0.337. The number of nitrogens with one attached hydrogen (secondary N) is 1. The van der Waals surface area contributed by atoms with Gasteiger partial charge >= 0.3 is 5.69 Å². The van der Waals surface area contributed by atoms with Gasteiger partial charge in [0.25, 0.3) is 5.56 Å². The maximum Gasteiger partial charge on any atom is 0.328 e. The summed E-state index contributed by atoms with van der Waals surface area (Å²) in [6.07, 6.45) is 1.54. The zero-order valence-corrected chi connectivity index (χ0v) is 11.2. The Morgan fingerprint density at radius 3 is 2.53 bits per heavy atom. The van der Waals surface area contributed by atoms with E-state index in [0.29, 0.717) is 17.1 Å². The standard InChI is InChI=1S/C13H13N3O2S/c1-8-6-16(13(18)15-12(8)17)7-9-2-4-10(5-3-9)11(14)19/h2-6H,7H2,1H3,(H2,14,19)(H,15,17,18). The van der Waals surface area contributed by atoms with Crippen molar-refractivity contribution in [3.63, 3.8) is 0 Å². The lowest BCUT2D eigenvalue weighted by molar-refractivity contribution is 0.713. The Labute approximate surface area is 114 Å². The summed E-state index contributed by atoms with van der Waals surface area (Å²) < 4.78 is 1.45. The molecule has 19 heavy (non-hydrogen) atoms. The van der Waals surface area contributed by atoms with Crippen LogP contribution in [-0.4, -0.2) is 14.5 Å². The average Bonchev–Trinajstić information content (AvgIpc) is 2.36. The summed E-state index contributed by atoms with van der Waals surface area (Å²) in [6, 6.07) is 7.31. The summed E-state index contributed by atoms with van der Waals surface area (Å²) >= 11 is 4.87. The third kappa shape index (κ3) is 2.97. The van der Waals surface area contributed by atoms with Crippen molar-refractivity contribution in [3.05, 3.63) is 68.0 Å². The monoisotopic (exact) mass is 275 g/mol. The minimum atomic E-state index is -0.422. The van der Waals surface area contributed by atoms with Gasteiger partial charge in [-0.3, -0.25) is 14.3 Å². The van der Waals surface area contributed by atoms with Crippen LogP contribution in [0.25, 0.3) is 0 Å².